The van der Waals surface area contributed by atoms with Gasteiger partial charge in [0.15, 0.2) is 11.9 Å². The van der Waals surface area contributed by atoms with E-state index in [9.17, 15) is 5.11 Å². The van der Waals surface area contributed by atoms with Crippen LogP contribution in [-0.2, 0) is 0 Å². The number of aromatic amines is 1. The summed E-state index contributed by atoms with van der Waals surface area (Å²) >= 11 is 0. The number of phenols is 1. The quantitative estimate of drug-likeness (QED) is 0.453. The maximum atomic E-state index is 9.34. The first-order valence-corrected chi connectivity index (χ1v) is 3.46. The summed E-state index contributed by atoms with van der Waals surface area (Å²) in [7, 11) is 0. The normalized spacial score (nSPS) is 9.33. The van der Waals surface area contributed by atoms with Crippen LogP contribution in [0.5, 0.6) is 5.75 Å². The zero-order valence-corrected chi connectivity index (χ0v) is 6.91. The van der Waals surface area contributed by atoms with Crippen LogP contribution in [0.4, 0.5) is 0 Å². The van der Waals surface area contributed by atoms with E-state index in [1.54, 1.807) is 12.3 Å². The Morgan fingerprint density at radius 2 is 1.83 bits per heavy atom. The van der Waals surface area contributed by atoms with Gasteiger partial charge < -0.3 is 5.11 Å². The van der Waals surface area contributed by atoms with Gasteiger partial charge in [0.2, 0.25) is 0 Å². The SMILES string of the molecule is Oc1cccc2ccc[nH+]c12.[Li+]. The van der Waals surface area contributed by atoms with Crippen molar-refractivity contribution in [2.45, 2.75) is 0 Å². The molecule has 2 rings (SSSR count). The Labute approximate surface area is 82.4 Å². The average Bonchev–Trinajstić information content (AvgIpc) is 2.06. The third-order valence-electron chi connectivity index (χ3n) is 1.67. The number of rotatable bonds is 0. The molecule has 0 unspecified atom stereocenters. The minimum absolute atomic E-state index is 0. The summed E-state index contributed by atoms with van der Waals surface area (Å²) < 4.78 is 0. The number of hydrogen-bond acceptors (Lipinski definition) is 1. The number of aromatic nitrogens is 1. The summed E-state index contributed by atoms with van der Waals surface area (Å²) in [4.78, 5) is 2.97. The fourth-order valence-electron chi connectivity index (χ4n) is 1.14. The van der Waals surface area contributed by atoms with Crippen molar-refractivity contribution in [2.24, 2.45) is 0 Å². The zero-order valence-electron chi connectivity index (χ0n) is 6.91. The molecule has 0 aliphatic carbocycles. The van der Waals surface area contributed by atoms with E-state index in [0.717, 1.165) is 10.9 Å². The molecule has 2 aromatic rings. The van der Waals surface area contributed by atoms with Gasteiger partial charge in [0, 0.05) is 6.07 Å². The van der Waals surface area contributed by atoms with Crippen LogP contribution in [-0.4, -0.2) is 5.11 Å². The Morgan fingerprint density at radius 3 is 2.58 bits per heavy atom. The van der Waals surface area contributed by atoms with Gasteiger partial charge in [0.05, 0.1) is 5.39 Å². The largest absolute Gasteiger partial charge is 1.00 e. The number of H-pyrrole nitrogens is 1. The minimum atomic E-state index is 0. The van der Waals surface area contributed by atoms with Crippen LogP contribution in [0.2, 0.25) is 0 Å². The van der Waals surface area contributed by atoms with Crippen molar-refractivity contribution in [1.82, 2.24) is 0 Å². The number of nitrogens with one attached hydrogen (secondary N) is 1. The van der Waals surface area contributed by atoms with Crippen molar-refractivity contribution >= 4 is 10.9 Å². The molecule has 0 saturated carbocycles. The number of hydrogen-bond donors (Lipinski definition) is 1. The van der Waals surface area contributed by atoms with Crippen LogP contribution in [0.15, 0.2) is 36.5 Å². The van der Waals surface area contributed by atoms with Gasteiger partial charge in [0.25, 0.3) is 5.52 Å². The number of benzene rings is 1. The van der Waals surface area contributed by atoms with Gasteiger partial charge in [-0.05, 0) is 18.2 Å². The first-order chi connectivity index (χ1) is 5.38. The molecular formula is C9H8LiNO+2. The summed E-state index contributed by atoms with van der Waals surface area (Å²) in [5, 5.41) is 10.4. The number of fused-ring (bicyclic) bond motifs is 1. The molecule has 12 heavy (non-hydrogen) atoms. The maximum Gasteiger partial charge on any atom is 1.00 e. The molecule has 2 nitrogen and oxygen atoms in total. The fourth-order valence-corrected chi connectivity index (χ4v) is 1.14. The predicted molar refractivity (Wildman–Crippen MR) is 42.2 cm³/mol. The van der Waals surface area contributed by atoms with Crippen molar-refractivity contribution in [3.8, 4) is 5.75 Å². The van der Waals surface area contributed by atoms with Gasteiger partial charge in [-0.25, -0.2) is 4.98 Å². The van der Waals surface area contributed by atoms with E-state index < -0.39 is 0 Å². The van der Waals surface area contributed by atoms with E-state index in [1.165, 1.54) is 0 Å². The second-order valence-electron chi connectivity index (χ2n) is 2.41. The summed E-state index contributed by atoms with van der Waals surface area (Å²) in [5.74, 6) is 0.295. The molecular weight excluding hydrogens is 145 g/mol. The number of pyridine rings is 1. The predicted octanol–water partition coefficient (Wildman–Crippen LogP) is -1.64. The van der Waals surface area contributed by atoms with E-state index >= 15 is 0 Å². The van der Waals surface area contributed by atoms with Gasteiger partial charge in [-0.2, -0.15) is 0 Å². The summed E-state index contributed by atoms with van der Waals surface area (Å²) in [6.07, 6.45) is 1.79. The molecule has 0 fully saturated rings. The van der Waals surface area contributed by atoms with Crippen LogP contribution in [0.3, 0.4) is 0 Å². The number of para-hydroxylation sites is 1. The monoisotopic (exact) mass is 153 g/mol. The second kappa shape index (κ2) is 3.62. The number of aromatic hydroxyl groups is 1. The van der Waals surface area contributed by atoms with Crippen LogP contribution in [0.1, 0.15) is 0 Å². The van der Waals surface area contributed by atoms with Crippen molar-refractivity contribution in [2.75, 3.05) is 0 Å². The van der Waals surface area contributed by atoms with E-state index in [1.807, 2.05) is 24.3 Å². The van der Waals surface area contributed by atoms with E-state index in [2.05, 4.69) is 4.98 Å². The van der Waals surface area contributed by atoms with Crippen LogP contribution in [0.25, 0.3) is 10.9 Å². The Morgan fingerprint density at radius 1 is 1.08 bits per heavy atom. The Balaban J connectivity index is 0.000000720. The molecule has 2 N–H and O–H groups in total. The van der Waals surface area contributed by atoms with Gasteiger partial charge in [-0.15, -0.1) is 0 Å². The molecule has 0 amide bonds. The molecule has 0 aliphatic heterocycles. The molecule has 0 saturated heterocycles. The molecule has 0 radical (unpaired) electrons. The standard InChI is InChI=1S/C9H7NO.Li/c11-8-5-1-3-7-4-2-6-10-9(7)8;/h1-6,11H;/q;+1/p+1. The molecule has 0 bridgehead atoms. The molecule has 54 valence electrons. The Hall–Kier alpha value is -0.973. The van der Waals surface area contributed by atoms with Crippen molar-refractivity contribution in [1.29, 1.82) is 0 Å². The molecule has 0 atom stereocenters. The summed E-state index contributed by atoms with van der Waals surface area (Å²) in [6, 6.07) is 9.29. The maximum absolute atomic E-state index is 9.34. The molecule has 3 heteroatoms. The van der Waals surface area contributed by atoms with Crippen LogP contribution in [0, 0.1) is 0 Å². The summed E-state index contributed by atoms with van der Waals surface area (Å²) in [5.41, 5.74) is 0.787. The van der Waals surface area contributed by atoms with Crippen LogP contribution >= 0.6 is 0 Å². The fraction of sp³-hybridized carbons (Fsp3) is 0. The van der Waals surface area contributed by atoms with Crippen molar-refractivity contribution in [3.05, 3.63) is 36.5 Å². The topological polar surface area (TPSA) is 34.4 Å². The Bertz CT molecular complexity index is 384. The average molecular weight is 153 g/mol. The molecule has 1 aromatic heterocycles. The van der Waals surface area contributed by atoms with Crippen molar-refractivity contribution < 1.29 is 29.0 Å². The third kappa shape index (κ3) is 1.45. The van der Waals surface area contributed by atoms with E-state index in [0.29, 0.717) is 5.75 Å². The first-order valence-electron chi connectivity index (χ1n) is 3.46. The molecule has 0 spiro atoms. The molecule has 0 aliphatic rings. The summed E-state index contributed by atoms with van der Waals surface area (Å²) in [6.45, 7) is 0. The van der Waals surface area contributed by atoms with E-state index in [4.69, 9.17) is 0 Å². The van der Waals surface area contributed by atoms with Crippen molar-refractivity contribution in [3.63, 3.8) is 0 Å². The smallest absolute Gasteiger partial charge is 0.502 e. The molecule has 1 aromatic carbocycles. The minimum Gasteiger partial charge on any atom is -0.502 e. The Kier molecular flexibility index (Phi) is 2.75. The van der Waals surface area contributed by atoms with Gasteiger partial charge >= 0.3 is 18.9 Å². The van der Waals surface area contributed by atoms with Gasteiger partial charge in [-0.3, -0.25) is 0 Å². The molecule has 1 heterocycles. The van der Waals surface area contributed by atoms with Gasteiger partial charge in [-0.1, -0.05) is 6.07 Å². The first kappa shape index (κ1) is 9.12. The number of phenolic OH excluding ortho intramolecular Hbond substituents is 1. The third-order valence-corrected chi connectivity index (χ3v) is 1.67. The van der Waals surface area contributed by atoms with E-state index in [-0.39, 0.29) is 18.9 Å². The van der Waals surface area contributed by atoms with Crippen LogP contribution < -0.4 is 23.8 Å². The second-order valence-corrected chi connectivity index (χ2v) is 2.41. The zero-order chi connectivity index (χ0) is 7.68. The van der Waals surface area contributed by atoms with Gasteiger partial charge in [0.1, 0.15) is 0 Å².